The van der Waals surface area contributed by atoms with E-state index in [4.69, 9.17) is 14.2 Å². The highest BCUT2D eigenvalue weighted by molar-refractivity contribution is 9.10. The number of methoxy groups -OCH3 is 3. The monoisotopic (exact) mass is 588 g/mol. The van der Waals surface area contributed by atoms with E-state index in [-0.39, 0.29) is 11.5 Å². The largest absolute Gasteiger partial charge is 0.497 e. The van der Waals surface area contributed by atoms with Gasteiger partial charge in [0, 0.05) is 21.9 Å². The van der Waals surface area contributed by atoms with Crippen molar-refractivity contribution in [2.45, 2.75) is 0 Å². The first kappa shape index (κ1) is 27.6. The number of imidazole rings is 1. The van der Waals surface area contributed by atoms with E-state index in [0.717, 1.165) is 21.5 Å². The lowest BCUT2D eigenvalue weighted by molar-refractivity contribution is 0.103. The molecule has 0 spiro atoms. The standard InChI is InChI=1S/C24H19FN2O3.C7H7BrO/c1-29-22-12-4-3-9-19(22)23(28)21-14-27(15-26-21)17-8-5-7-16(13-17)18-10-6-11-20(25)24(18)30-2;1-9-7-4-2-3-6(8)5-7/h3-15H,1-2H3;2-5H,1H3. The number of rotatable bonds is 7. The minimum atomic E-state index is -0.423. The summed E-state index contributed by atoms with van der Waals surface area (Å²) in [4.78, 5) is 17.1. The summed E-state index contributed by atoms with van der Waals surface area (Å²) in [5.74, 6) is 0.913. The maximum absolute atomic E-state index is 14.1. The molecule has 0 N–H and O–H groups in total. The highest BCUT2D eigenvalue weighted by Crippen LogP contribution is 2.33. The topological polar surface area (TPSA) is 62.6 Å². The first-order chi connectivity index (χ1) is 18.9. The third-order valence-electron chi connectivity index (χ3n) is 5.83. The van der Waals surface area contributed by atoms with Crippen molar-refractivity contribution in [1.29, 1.82) is 0 Å². The molecule has 0 saturated heterocycles. The third kappa shape index (κ3) is 6.53. The smallest absolute Gasteiger partial charge is 0.216 e. The predicted octanol–water partition coefficient (Wildman–Crippen LogP) is 7.38. The Morgan fingerprint density at radius 3 is 2.33 bits per heavy atom. The van der Waals surface area contributed by atoms with Crippen molar-refractivity contribution in [3.05, 3.63) is 125 Å². The molecule has 8 heteroatoms. The van der Waals surface area contributed by atoms with E-state index in [1.807, 2.05) is 48.5 Å². The molecule has 4 aromatic carbocycles. The number of halogens is 2. The number of hydrogen-bond donors (Lipinski definition) is 0. The molecule has 198 valence electrons. The van der Waals surface area contributed by atoms with Crippen molar-refractivity contribution in [3.63, 3.8) is 0 Å². The Labute approximate surface area is 234 Å². The van der Waals surface area contributed by atoms with Gasteiger partial charge in [-0.05, 0) is 54.1 Å². The maximum Gasteiger partial charge on any atom is 0.216 e. The number of ketones is 1. The highest BCUT2D eigenvalue weighted by Gasteiger charge is 2.17. The molecule has 0 atom stereocenters. The molecule has 0 radical (unpaired) electrons. The quantitative estimate of drug-likeness (QED) is 0.185. The van der Waals surface area contributed by atoms with Crippen LogP contribution < -0.4 is 14.2 Å². The molecular weight excluding hydrogens is 563 g/mol. The zero-order chi connectivity index (χ0) is 27.8. The number of aromatic nitrogens is 2. The normalized spacial score (nSPS) is 10.3. The van der Waals surface area contributed by atoms with Crippen molar-refractivity contribution in [1.82, 2.24) is 9.55 Å². The molecule has 5 aromatic rings. The van der Waals surface area contributed by atoms with Crippen molar-refractivity contribution in [2.75, 3.05) is 21.3 Å². The van der Waals surface area contributed by atoms with E-state index >= 15 is 0 Å². The summed E-state index contributed by atoms with van der Waals surface area (Å²) in [5, 5.41) is 0. The Morgan fingerprint density at radius 1 is 0.846 bits per heavy atom. The van der Waals surface area contributed by atoms with Crippen LogP contribution in [0.5, 0.6) is 17.2 Å². The summed E-state index contributed by atoms with van der Waals surface area (Å²) in [7, 11) is 4.62. The number of carbonyl (C=O) groups is 1. The van der Waals surface area contributed by atoms with Crippen LogP contribution in [-0.4, -0.2) is 36.7 Å². The Bertz CT molecular complexity index is 1580. The van der Waals surface area contributed by atoms with Crippen LogP contribution in [0.2, 0.25) is 0 Å². The van der Waals surface area contributed by atoms with Crippen LogP contribution in [0.4, 0.5) is 4.39 Å². The van der Waals surface area contributed by atoms with Gasteiger partial charge in [0.05, 0.1) is 26.9 Å². The first-order valence-corrected chi connectivity index (χ1v) is 12.7. The molecule has 0 fully saturated rings. The van der Waals surface area contributed by atoms with Gasteiger partial charge in [0.25, 0.3) is 0 Å². The van der Waals surface area contributed by atoms with E-state index < -0.39 is 5.82 Å². The molecule has 0 bridgehead atoms. The average Bonchev–Trinajstić information content (AvgIpc) is 3.47. The molecule has 6 nitrogen and oxygen atoms in total. The number of nitrogens with zero attached hydrogens (tertiary/aromatic N) is 2. The minimum absolute atomic E-state index is 0.187. The van der Waals surface area contributed by atoms with Crippen LogP contribution in [0.15, 0.2) is 108 Å². The van der Waals surface area contributed by atoms with E-state index in [0.29, 0.717) is 22.6 Å². The molecule has 1 aromatic heterocycles. The SMILES string of the molecule is COc1cccc(Br)c1.COc1ccccc1C(=O)c1cn(-c2cccc(-c3cccc(F)c3OC)c2)cn1. The van der Waals surface area contributed by atoms with Gasteiger partial charge in [-0.15, -0.1) is 0 Å². The number of benzene rings is 4. The van der Waals surface area contributed by atoms with Gasteiger partial charge in [-0.1, -0.05) is 58.4 Å². The summed E-state index contributed by atoms with van der Waals surface area (Å²) < 4.78 is 32.4. The van der Waals surface area contributed by atoms with E-state index in [1.165, 1.54) is 20.3 Å². The predicted molar refractivity (Wildman–Crippen MR) is 153 cm³/mol. The van der Waals surface area contributed by atoms with Gasteiger partial charge in [0.2, 0.25) is 5.78 Å². The molecule has 0 unspecified atom stereocenters. The molecule has 0 aliphatic rings. The summed E-state index contributed by atoms with van der Waals surface area (Å²) in [6.45, 7) is 0. The Kier molecular flexibility index (Phi) is 9.12. The Hall–Kier alpha value is -4.43. The first-order valence-electron chi connectivity index (χ1n) is 11.9. The molecule has 0 saturated carbocycles. The third-order valence-corrected chi connectivity index (χ3v) is 6.32. The molecule has 0 aliphatic carbocycles. The van der Waals surface area contributed by atoms with Gasteiger partial charge in [0.1, 0.15) is 23.5 Å². The fourth-order valence-electron chi connectivity index (χ4n) is 3.92. The van der Waals surface area contributed by atoms with Gasteiger partial charge in [-0.2, -0.15) is 0 Å². The number of hydrogen-bond acceptors (Lipinski definition) is 5. The van der Waals surface area contributed by atoms with Crippen LogP contribution in [0, 0.1) is 5.82 Å². The van der Waals surface area contributed by atoms with Crippen LogP contribution in [-0.2, 0) is 0 Å². The van der Waals surface area contributed by atoms with Crippen molar-refractivity contribution < 1.29 is 23.4 Å². The highest BCUT2D eigenvalue weighted by atomic mass is 79.9. The summed E-state index contributed by atoms with van der Waals surface area (Å²) in [6.07, 6.45) is 3.24. The van der Waals surface area contributed by atoms with Gasteiger partial charge >= 0.3 is 0 Å². The van der Waals surface area contributed by atoms with Crippen molar-refractivity contribution >= 4 is 21.7 Å². The second-order valence-corrected chi connectivity index (χ2v) is 9.14. The summed E-state index contributed by atoms with van der Waals surface area (Å²) in [6, 6.07) is 27.0. The van der Waals surface area contributed by atoms with E-state index in [1.54, 1.807) is 60.6 Å². The lowest BCUT2D eigenvalue weighted by atomic mass is 10.0. The number of ether oxygens (including phenoxy) is 3. The van der Waals surface area contributed by atoms with Crippen molar-refractivity contribution in [3.8, 4) is 34.1 Å². The molecule has 5 rings (SSSR count). The van der Waals surface area contributed by atoms with Crippen LogP contribution in [0.3, 0.4) is 0 Å². The zero-order valence-electron chi connectivity index (χ0n) is 21.6. The van der Waals surface area contributed by atoms with E-state index in [2.05, 4.69) is 20.9 Å². The second-order valence-electron chi connectivity index (χ2n) is 8.23. The fourth-order valence-corrected chi connectivity index (χ4v) is 4.30. The molecular formula is C31H26BrFN2O4. The molecule has 1 heterocycles. The zero-order valence-corrected chi connectivity index (χ0v) is 23.2. The molecule has 39 heavy (non-hydrogen) atoms. The van der Waals surface area contributed by atoms with Crippen LogP contribution in [0.1, 0.15) is 16.1 Å². The van der Waals surface area contributed by atoms with Crippen LogP contribution >= 0.6 is 15.9 Å². The Balaban J connectivity index is 0.000000333. The lowest BCUT2D eigenvalue weighted by Gasteiger charge is -2.11. The summed E-state index contributed by atoms with van der Waals surface area (Å²) in [5.41, 5.74) is 2.96. The van der Waals surface area contributed by atoms with Gasteiger partial charge in [0.15, 0.2) is 11.6 Å². The molecule has 0 amide bonds. The van der Waals surface area contributed by atoms with Crippen LogP contribution in [0.25, 0.3) is 16.8 Å². The Morgan fingerprint density at radius 2 is 1.62 bits per heavy atom. The fraction of sp³-hybridized carbons (Fsp3) is 0.0968. The van der Waals surface area contributed by atoms with E-state index in [9.17, 15) is 9.18 Å². The number of para-hydroxylation sites is 2. The lowest BCUT2D eigenvalue weighted by Crippen LogP contribution is -2.04. The maximum atomic E-state index is 14.1. The number of carbonyl (C=O) groups excluding carboxylic acids is 1. The van der Waals surface area contributed by atoms with Gasteiger partial charge in [-0.3, -0.25) is 4.79 Å². The second kappa shape index (κ2) is 12.9. The van der Waals surface area contributed by atoms with Crippen molar-refractivity contribution in [2.24, 2.45) is 0 Å². The minimum Gasteiger partial charge on any atom is -0.497 e. The summed E-state index contributed by atoms with van der Waals surface area (Å²) >= 11 is 3.32. The van der Waals surface area contributed by atoms with Gasteiger partial charge < -0.3 is 18.8 Å². The van der Waals surface area contributed by atoms with Gasteiger partial charge in [-0.25, -0.2) is 9.37 Å². The average molecular weight is 589 g/mol. The molecule has 0 aliphatic heterocycles.